The van der Waals surface area contributed by atoms with Crippen LogP contribution in [0.25, 0.3) is 0 Å². The highest BCUT2D eigenvalue weighted by Gasteiger charge is 2.39. The van der Waals surface area contributed by atoms with E-state index in [0.717, 1.165) is 17.9 Å². The maximum absolute atomic E-state index is 6.00. The Kier molecular flexibility index (Phi) is 3.57. The van der Waals surface area contributed by atoms with Crippen LogP contribution >= 0.6 is 0 Å². The van der Waals surface area contributed by atoms with Crippen molar-refractivity contribution in [3.8, 4) is 5.75 Å². The van der Waals surface area contributed by atoms with Crippen molar-refractivity contribution in [3.63, 3.8) is 0 Å². The third-order valence-corrected chi connectivity index (χ3v) is 4.06. The number of methoxy groups -OCH3 is 1. The number of hydrogen-bond acceptors (Lipinski definition) is 3. The lowest BCUT2D eigenvalue weighted by molar-refractivity contribution is 0.375. The lowest BCUT2D eigenvalue weighted by Gasteiger charge is -2.35. The van der Waals surface area contributed by atoms with Gasteiger partial charge in [0.05, 0.1) is 18.3 Å². The fourth-order valence-corrected chi connectivity index (χ4v) is 2.80. The standard InChI is InChI=1S/C14H22N2O/c1-11-6-5-9-14(11,10-15)16-12-7-3-4-8-13(12)17-2/h3-4,7-8,11,16H,5-6,9-10,15H2,1-2H3. The summed E-state index contributed by atoms with van der Waals surface area (Å²) in [6.45, 7) is 2.95. The van der Waals surface area contributed by atoms with Crippen molar-refractivity contribution in [2.45, 2.75) is 31.7 Å². The summed E-state index contributed by atoms with van der Waals surface area (Å²) in [4.78, 5) is 0. The predicted molar refractivity (Wildman–Crippen MR) is 71.4 cm³/mol. The summed E-state index contributed by atoms with van der Waals surface area (Å²) in [7, 11) is 1.70. The van der Waals surface area contributed by atoms with E-state index in [0.29, 0.717) is 12.5 Å². The zero-order valence-corrected chi connectivity index (χ0v) is 10.7. The minimum atomic E-state index is 0.0363. The molecule has 0 aliphatic heterocycles. The van der Waals surface area contributed by atoms with Crippen LogP contribution in [0.5, 0.6) is 5.75 Å². The molecule has 0 heterocycles. The molecule has 0 spiro atoms. The third kappa shape index (κ3) is 2.25. The Balaban J connectivity index is 2.24. The largest absolute Gasteiger partial charge is 0.495 e. The van der Waals surface area contributed by atoms with Gasteiger partial charge in [-0.3, -0.25) is 0 Å². The molecule has 1 fully saturated rings. The molecule has 1 aliphatic carbocycles. The number of benzene rings is 1. The van der Waals surface area contributed by atoms with Crippen LogP contribution in [0.15, 0.2) is 24.3 Å². The lowest BCUT2D eigenvalue weighted by atomic mass is 9.88. The van der Waals surface area contributed by atoms with Crippen molar-refractivity contribution < 1.29 is 4.74 Å². The third-order valence-electron chi connectivity index (χ3n) is 4.06. The number of rotatable bonds is 4. The SMILES string of the molecule is COc1ccccc1NC1(CN)CCCC1C. The van der Waals surface area contributed by atoms with Crippen molar-refractivity contribution in [3.05, 3.63) is 24.3 Å². The Morgan fingerprint density at radius 2 is 2.24 bits per heavy atom. The molecular weight excluding hydrogens is 212 g/mol. The molecule has 17 heavy (non-hydrogen) atoms. The normalized spacial score (nSPS) is 28.1. The van der Waals surface area contributed by atoms with Gasteiger partial charge in [0, 0.05) is 6.54 Å². The van der Waals surface area contributed by atoms with E-state index >= 15 is 0 Å². The van der Waals surface area contributed by atoms with E-state index in [1.165, 1.54) is 12.8 Å². The van der Waals surface area contributed by atoms with E-state index in [9.17, 15) is 0 Å². The zero-order chi connectivity index (χ0) is 12.3. The van der Waals surface area contributed by atoms with Crippen molar-refractivity contribution in [1.29, 1.82) is 0 Å². The smallest absolute Gasteiger partial charge is 0.141 e. The van der Waals surface area contributed by atoms with Gasteiger partial charge in [-0.2, -0.15) is 0 Å². The van der Waals surface area contributed by atoms with Crippen LogP contribution in [0.1, 0.15) is 26.2 Å². The average Bonchev–Trinajstić information content (AvgIpc) is 2.72. The Hall–Kier alpha value is -1.22. The molecule has 1 saturated carbocycles. The minimum Gasteiger partial charge on any atom is -0.495 e. The second kappa shape index (κ2) is 4.96. The van der Waals surface area contributed by atoms with Crippen LogP contribution in [-0.4, -0.2) is 19.2 Å². The molecule has 3 nitrogen and oxygen atoms in total. The highest BCUT2D eigenvalue weighted by Crippen LogP contribution is 2.39. The molecule has 3 heteroatoms. The molecular formula is C14H22N2O. The van der Waals surface area contributed by atoms with Crippen molar-refractivity contribution in [2.75, 3.05) is 19.0 Å². The first-order valence-electron chi connectivity index (χ1n) is 6.33. The van der Waals surface area contributed by atoms with Gasteiger partial charge in [0.15, 0.2) is 0 Å². The van der Waals surface area contributed by atoms with E-state index in [1.54, 1.807) is 7.11 Å². The molecule has 1 aromatic rings. The lowest BCUT2D eigenvalue weighted by Crippen LogP contribution is -2.47. The van der Waals surface area contributed by atoms with Crippen LogP contribution in [0.2, 0.25) is 0 Å². The van der Waals surface area contributed by atoms with Crippen LogP contribution in [0, 0.1) is 5.92 Å². The van der Waals surface area contributed by atoms with Crippen LogP contribution in [0.3, 0.4) is 0 Å². The summed E-state index contributed by atoms with van der Waals surface area (Å²) in [5, 5.41) is 3.62. The van der Waals surface area contributed by atoms with Crippen LogP contribution in [0.4, 0.5) is 5.69 Å². The summed E-state index contributed by atoms with van der Waals surface area (Å²) < 4.78 is 5.38. The second-order valence-corrected chi connectivity index (χ2v) is 4.98. The highest BCUT2D eigenvalue weighted by molar-refractivity contribution is 5.58. The predicted octanol–water partition coefficient (Wildman–Crippen LogP) is 2.62. The van der Waals surface area contributed by atoms with E-state index in [2.05, 4.69) is 18.3 Å². The van der Waals surface area contributed by atoms with Gasteiger partial charge < -0.3 is 15.8 Å². The zero-order valence-electron chi connectivity index (χ0n) is 10.7. The molecule has 0 saturated heterocycles. The number of para-hydroxylation sites is 2. The Labute approximate surface area is 103 Å². The number of anilines is 1. The first kappa shape index (κ1) is 12.2. The maximum Gasteiger partial charge on any atom is 0.141 e. The van der Waals surface area contributed by atoms with E-state index in [4.69, 9.17) is 10.5 Å². The molecule has 2 atom stereocenters. The summed E-state index contributed by atoms with van der Waals surface area (Å²) in [6, 6.07) is 8.04. The Bertz CT molecular complexity index is 380. The van der Waals surface area contributed by atoms with Gasteiger partial charge in [-0.05, 0) is 30.9 Å². The molecule has 1 aliphatic rings. The van der Waals surface area contributed by atoms with Gasteiger partial charge >= 0.3 is 0 Å². The number of ether oxygens (including phenoxy) is 1. The van der Waals surface area contributed by atoms with Gasteiger partial charge in [0.25, 0.3) is 0 Å². The summed E-state index contributed by atoms with van der Waals surface area (Å²) in [5.74, 6) is 1.50. The van der Waals surface area contributed by atoms with Crippen molar-refractivity contribution in [2.24, 2.45) is 11.7 Å². The van der Waals surface area contributed by atoms with Crippen molar-refractivity contribution >= 4 is 5.69 Å². The van der Waals surface area contributed by atoms with Gasteiger partial charge in [0.2, 0.25) is 0 Å². The molecule has 2 rings (SSSR count). The molecule has 1 aromatic carbocycles. The fourth-order valence-electron chi connectivity index (χ4n) is 2.80. The van der Waals surface area contributed by atoms with E-state index in [1.807, 2.05) is 18.2 Å². The van der Waals surface area contributed by atoms with Gasteiger partial charge in [0.1, 0.15) is 5.75 Å². The number of nitrogens with one attached hydrogen (secondary N) is 1. The highest BCUT2D eigenvalue weighted by atomic mass is 16.5. The first-order chi connectivity index (χ1) is 8.22. The fraction of sp³-hybridized carbons (Fsp3) is 0.571. The molecule has 3 N–H and O–H groups in total. The topological polar surface area (TPSA) is 47.3 Å². The first-order valence-corrected chi connectivity index (χ1v) is 6.33. The minimum absolute atomic E-state index is 0.0363. The Morgan fingerprint density at radius 3 is 2.82 bits per heavy atom. The molecule has 94 valence electrons. The quantitative estimate of drug-likeness (QED) is 0.842. The van der Waals surface area contributed by atoms with Crippen LogP contribution < -0.4 is 15.8 Å². The Morgan fingerprint density at radius 1 is 1.47 bits per heavy atom. The van der Waals surface area contributed by atoms with E-state index in [-0.39, 0.29) is 5.54 Å². The van der Waals surface area contributed by atoms with Gasteiger partial charge in [-0.1, -0.05) is 25.5 Å². The summed E-state index contributed by atoms with van der Waals surface area (Å²) in [6.07, 6.45) is 3.64. The molecule has 2 unspecified atom stereocenters. The molecule has 0 amide bonds. The average molecular weight is 234 g/mol. The summed E-state index contributed by atoms with van der Waals surface area (Å²) in [5.41, 5.74) is 7.08. The molecule has 0 aromatic heterocycles. The van der Waals surface area contributed by atoms with Gasteiger partial charge in [-0.15, -0.1) is 0 Å². The van der Waals surface area contributed by atoms with Crippen molar-refractivity contribution in [1.82, 2.24) is 0 Å². The number of hydrogen-bond donors (Lipinski definition) is 2. The molecule has 0 bridgehead atoms. The van der Waals surface area contributed by atoms with E-state index < -0.39 is 0 Å². The maximum atomic E-state index is 6.00. The number of nitrogens with two attached hydrogens (primary N) is 1. The summed E-state index contributed by atoms with van der Waals surface area (Å²) >= 11 is 0. The van der Waals surface area contributed by atoms with Gasteiger partial charge in [-0.25, -0.2) is 0 Å². The van der Waals surface area contributed by atoms with Crippen LogP contribution in [-0.2, 0) is 0 Å². The monoisotopic (exact) mass is 234 g/mol. The second-order valence-electron chi connectivity index (χ2n) is 4.98. The molecule has 0 radical (unpaired) electrons.